The molecule has 1 N–H and O–H groups in total. The number of aromatic nitrogens is 2. The zero-order valence-electron chi connectivity index (χ0n) is 15.8. The molecule has 0 spiro atoms. The van der Waals surface area contributed by atoms with Gasteiger partial charge in [0.2, 0.25) is 17.2 Å². The van der Waals surface area contributed by atoms with Crippen molar-refractivity contribution in [2.45, 2.75) is 13.0 Å². The zero-order valence-corrected chi connectivity index (χ0v) is 16.7. The molecular weight excluding hydrogens is 399 g/mol. The molecule has 0 atom stereocenters. The summed E-state index contributed by atoms with van der Waals surface area (Å²) in [5.41, 5.74) is 1.65. The SMILES string of the molecule is COP(=O)(OC)c1nc(Cc2ccc([N+](=O)[O-])cc2)oc1NCc1cccnc1. The van der Waals surface area contributed by atoms with E-state index in [9.17, 15) is 14.7 Å². The Morgan fingerprint density at radius 1 is 1.17 bits per heavy atom. The minimum absolute atomic E-state index is 0.0102. The van der Waals surface area contributed by atoms with Crippen molar-refractivity contribution in [2.24, 2.45) is 0 Å². The highest BCUT2D eigenvalue weighted by atomic mass is 31.2. The summed E-state index contributed by atoms with van der Waals surface area (Å²) in [6.07, 6.45) is 3.59. The van der Waals surface area contributed by atoms with Gasteiger partial charge in [0.25, 0.3) is 5.69 Å². The highest BCUT2D eigenvalue weighted by Gasteiger charge is 2.34. The van der Waals surface area contributed by atoms with Crippen LogP contribution in [-0.4, -0.2) is 29.1 Å². The Kier molecular flexibility index (Phi) is 6.38. The van der Waals surface area contributed by atoms with Crippen LogP contribution in [0.5, 0.6) is 0 Å². The first-order valence-corrected chi connectivity index (χ1v) is 10.1. The largest absolute Gasteiger partial charge is 0.424 e. The van der Waals surface area contributed by atoms with Crippen molar-refractivity contribution in [3.05, 3.63) is 75.9 Å². The Bertz CT molecular complexity index is 1010. The third kappa shape index (κ3) is 4.86. The van der Waals surface area contributed by atoms with Crippen molar-refractivity contribution >= 4 is 24.6 Å². The molecule has 0 amide bonds. The van der Waals surface area contributed by atoms with Crippen LogP contribution in [0.15, 0.2) is 53.2 Å². The fourth-order valence-corrected chi connectivity index (χ4v) is 3.68. The normalized spacial score (nSPS) is 11.4. The van der Waals surface area contributed by atoms with E-state index >= 15 is 0 Å². The van der Waals surface area contributed by atoms with Crippen molar-refractivity contribution in [1.82, 2.24) is 9.97 Å². The molecule has 3 rings (SSSR count). The van der Waals surface area contributed by atoms with Gasteiger partial charge in [0.1, 0.15) is 0 Å². The molecule has 10 nitrogen and oxygen atoms in total. The number of nitro benzene ring substituents is 1. The molecule has 0 saturated carbocycles. The minimum Gasteiger partial charge on any atom is -0.424 e. The molecule has 0 saturated heterocycles. The Morgan fingerprint density at radius 2 is 1.90 bits per heavy atom. The molecule has 11 heteroatoms. The third-order valence-electron chi connectivity index (χ3n) is 4.07. The molecule has 0 aliphatic carbocycles. The van der Waals surface area contributed by atoms with E-state index < -0.39 is 12.5 Å². The number of hydrogen-bond donors (Lipinski definition) is 1. The zero-order chi connectivity index (χ0) is 20.9. The van der Waals surface area contributed by atoms with Crippen LogP contribution in [-0.2, 0) is 26.6 Å². The van der Waals surface area contributed by atoms with E-state index in [1.165, 1.54) is 26.4 Å². The van der Waals surface area contributed by atoms with E-state index in [0.717, 1.165) is 11.1 Å². The first kappa shape index (κ1) is 20.7. The summed E-state index contributed by atoms with van der Waals surface area (Å²) < 4.78 is 28.7. The molecule has 152 valence electrons. The summed E-state index contributed by atoms with van der Waals surface area (Å²) in [5.74, 6) is 0.426. The molecule has 0 radical (unpaired) electrons. The second-order valence-electron chi connectivity index (χ2n) is 5.94. The number of non-ortho nitro benzene ring substituents is 1. The number of hydrogen-bond acceptors (Lipinski definition) is 9. The third-order valence-corrected chi connectivity index (χ3v) is 5.86. The number of pyridine rings is 1. The van der Waals surface area contributed by atoms with Crippen LogP contribution in [0.4, 0.5) is 11.6 Å². The predicted octanol–water partition coefficient (Wildman–Crippen LogP) is 3.29. The topological polar surface area (TPSA) is 130 Å². The van der Waals surface area contributed by atoms with Gasteiger partial charge in [0.15, 0.2) is 0 Å². The van der Waals surface area contributed by atoms with E-state index in [0.29, 0.717) is 6.54 Å². The molecular formula is C18H19N4O6P. The van der Waals surface area contributed by atoms with Gasteiger partial charge in [-0.3, -0.25) is 19.7 Å². The van der Waals surface area contributed by atoms with E-state index in [1.807, 2.05) is 6.07 Å². The summed E-state index contributed by atoms with van der Waals surface area (Å²) in [7, 11) is -1.14. The van der Waals surface area contributed by atoms with Gasteiger partial charge >= 0.3 is 7.60 Å². The number of anilines is 1. The summed E-state index contributed by atoms with van der Waals surface area (Å²) in [4.78, 5) is 18.7. The van der Waals surface area contributed by atoms with Crippen LogP contribution in [0, 0.1) is 10.1 Å². The Labute approximate surface area is 166 Å². The van der Waals surface area contributed by atoms with Crippen molar-refractivity contribution in [3.63, 3.8) is 0 Å². The van der Waals surface area contributed by atoms with Gasteiger partial charge in [0, 0.05) is 51.7 Å². The molecule has 0 fully saturated rings. The average Bonchev–Trinajstić information content (AvgIpc) is 3.16. The predicted molar refractivity (Wildman–Crippen MR) is 105 cm³/mol. The maximum atomic E-state index is 12.9. The lowest BCUT2D eigenvalue weighted by molar-refractivity contribution is -0.384. The van der Waals surface area contributed by atoms with Gasteiger partial charge in [-0.2, -0.15) is 0 Å². The van der Waals surface area contributed by atoms with E-state index in [-0.39, 0.29) is 29.3 Å². The van der Waals surface area contributed by atoms with E-state index in [2.05, 4.69) is 15.3 Å². The molecule has 1 aromatic carbocycles. The minimum atomic E-state index is -3.67. The molecule has 0 aliphatic heterocycles. The summed E-state index contributed by atoms with van der Waals surface area (Å²) in [6, 6.07) is 9.69. The lowest BCUT2D eigenvalue weighted by Crippen LogP contribution is -2.15. The second-order valence-corrected chi connectivity index (χ2v) is 8.09. The van der Waals surface area contributed by atoms with Gasteiger partial charge < -0.3 is 18.8 Å². The van der Waals surface area contributed by atoms with Crippen molar-refractivity contribution in [1.29, 1.82) is 0 Å². The second kappa shape index (κ2) is 8.95. The Balaban J connectivity index is 1.87. The number of benzene rings is 1. The first-order chi connectivity index (χ1) is 13.9. The maximum Gasteiger partial charge on any atom is 0.384 e. The van der Waals surface area contributed by atoms with Crippen molar-refractivity contribution < 1.29 is 23.0 Å². The summed E-state index contributed by atoms with van der Waals surface area (Å²) in [6.45, 7) is 0.362. The van der Waals surface area contributed by atoms with E-state index in [1.54, 1.807) is 30.6 Å². The molecule has 2 heterocycles. The smallest absolute Gasteiger partial charge is 0.384 e. The van der Waals surface area contributed by atoms with Crippen LogP contribution in [0.3, 0.4) is 0 Å². The summed E-state index contributed by atoms with van der Waals surface area (Å²) in [5, 5.41) is 13.8. The van der Waals surface area contributed by atoms with Crippen LogP contribution in [0.1, 0.15) is 17.0 Å². The monoisotopic (exact) mass is 418 g/mol. The molecule has 2 aromatic heterocycles. The number of nitrogens with one attached hydrogen (secondary N) is 1. The molecule has 3 aromatic rings. The van der Waals surface area contributed by atoms with Gasteiger partial charge in [-0.25, -0.2) is 4.98 Å². The van der Waals surface area contributed by atoms with Crippen molar-refractivity contribution in [2.75, 3.05) is 19.5 Å². The molecule has 0 bridgehead atoms. The first-order valence-electron chi connectivity index (χ1n) is 8.53. The van der Waals surface area contributed by atoms with Crippen molar-refractivity contribution in [3.8, 4) is 0 Å². The van der Waals surface area contributed by atoms with Crippen LogP contribution in [0.25, 0.3) is 0 Å². The number of rotatable bonds is 9. The highest BCUT2D eigenvalue weighted by Crippen LogP contribution is 2.47. The fraction of sp³-hybridized carbons (Fsp3) is 0.222. The maximum absolute atomic E-state index is 12.9. The molecule has 0 unspecified atom stereocenters. The summed E-state index contributed by atoms with van der Waals surface area (Å²) >= 11 is 0. The van der Waals surface area contributed by atoms with Crippen LogP contribution in [0.2, 0.25) is 0 Å². The lowest BCUT2D eigenvalue weighted by Gasteiger charge is -2.12. The van der Waals surface area contributed by atoms with Gasteiger partial charge in [-0.15, -0.1) is 0 Å². The molecule has 0 aliphatic rings. The Hall–Kier alpha value is -3.07. The molecule has 29 heavy (non-hydrogen) atoms. The number of nitrogens with zero attached hydrogens (tertiary/aromatic N) is 3. The standard InChI is InChI=1S/C18H19N4O6P/c1-26-29(25,27-2)18-17(20-12-14-4-3-9-19-11-14)28-16(21-18)10-13-5-7-15(8-6-13)22(23)24/h3-9,11,20H,10,12H2,1-2H3. The van der Waals surface area contributed by atoms with E-state index in [4.69, 9.17) is 13.5 Å². The quantitative estimate of drug-likeness (QED) is 0.316. The van der Waals surface area contributed by atoms with Crippen LogP contribution >= 0.6 is 7.60 Å². The lowest BCUT2D eigenvalue weighted by atomic mass is 10.1. The van der Waals surface area contributed by atoms with Gasteiger partial charge in [-0.05, 0) is 17.2 Å². The van der Waals surface area contributed by atoms with Crippen LogP contribution < -0.4 is 10.8 Å². The number of nitro groups is 1. The highest BCUT2D eigenvalue weighted by molar-refractivity contribution is 7.62. The fourth-order valence-electron chi connectivity index (χ4n) is 2.57. The average molecular weight is 418 g/mol. The number of oxazole rings is 1. The Morgan fingerprint density at radius 3 is 2.48 bits per heavy atom. The van der Waals surface area contributed by atoms with Gasteiger partial charge in [0.05, 0.1) is 4.92 Å². The van der Waals surface area contributed by atoms with Gasteiger partial charge in [-0.1, -0.05) is 18.2 Å².